The van der Waals surface area contributed by atoms with Gasteiger partial charge in [-0.1, -0.05) is 0 Å². The Hall–Kier alpha value is -2.09. The first kappa shape index (κ1) is 11.4. The van der Waals surface area contributed by atoms with E-state index in [1.54, 1.807) is 18.0 Å². The van der Waals surface area contributed by atoms with Crippen molar-refractivity contribution < 1.29 is 4.79 Å². The summed E-state index contributed by atoms with van der Waals surface area (Å²) < 4.78 is 0. The number of carbonyl (C=O) groups is 1. The van der Waals surface area contributed by atoms with E-state index in [-0.39, 0.29) is 18.4 Å². The largest absolute Gasteiger partial charge is 0.368 e. The van der Waals surface area contributed by atoms with E-state index in [9.17, 15) is 4.79 Å². The van der Waals surface area contributed by atoms with Crippen LogP contribution in [0.5, 0.6) is 0 Å². The molecule has 17 heavy (non-hydrogen) atoms. The van der Waals surface area contributed by atoms with Gasteiger partial charge in [-0.05, 0) is 0 Å². The molecule has 0 radical (unpaired) electrons. The monoisotopic (exact) mass is 237 g/mol. The van der Waals surface area contributed by atoms with Crippen LogP contribution in [0.25, 0.3) is 0 Å². The molecular formula is C9H15N7O. The van der Waals surface area contributed by atoms with E-state index in [1.165, 1.54) is 0 Å². The minimum atomic E-state index is 0.0516. The molecule has 1 saturated heterocycles. The molecule has 8 heteroatoms. The van der Waals surface area contributed by atoms with Crippen molar-refractivity contribution in [3.63, 3.8) is 0 Å². The van der Waals surface area contributed by atoms with Gasteiger partial charge in [-0.25, -0.2) is 5.84 Å². The molecule has 0 unspecified atom stereocenters. The summed E-state index contributed by atoms with van der Waals surface area (Å²) in [4.78, 5) is 23.1. The zero-order chi connectivity index (χ0) is 12.4. The number of hydrogen-bond acceptors (Lipinski definition) is 7. The molecule has 1 aliphatic heterocycles. The van der Waals surface area contributed by atoms with Gasteiger partial charge in [0.1, 0.15) is 11.6 Å². The number of rotatable bonds is 2. The van der Waals surface area contributed by atoms with E-state index in [1.807, 2.05) is 4.90 Å². The highest BCUT2D eigenvalue weighted by Gasteiger charge is 2.22. The molecule has 0 bridgehead atoms. The highest BCUT2D eigenvalue weighted by molar-refractivity contribution is 5.82. The van der Waals surface area contributed by atoms with Gasteiger partial charge in [-0.15, -0.1) is 0 Å². The van der Waals surface area contributed by atoms with E-state index in [4.69, 9.17) is 11.6 Å². The Kier molecular flexibility index (Phi) is 2.96. The van der Waals surface area contributed by atoms with Gasteiger partial charge in [0, 0.05) is 26.2 Å². The topological polar surface area (TPSA) is 113 Å². The molecule has 8 nitrogen and oxygen atoms in total. The fourth-order valence-corrected chi connectivity index (χ4v) is 1.64. The van der Waals surface area contributed by atoms with E-state index in [0.29, 0.717) is 24.7 Å². The first-order valence-corrected chi connectivity index (χ1v) is 5.20. The predicted molar refractivity (Wildman–Crippen MR) is 64.1 cm³/mol. The maximum atomic E-state index is 11.6. The second-order valence-corrected chi connectivity index (χ2v) is 3.85. The van der Waals surface area contributed by atoms with Crippen molar-refractivity contribution in [3.05, 3.63) is 6.07 Å². The number of piperazine rings is 1. The summed E-state index contributed by atoms with van der Waals surface area (Å²) in [6, 6.07) is 1.66. The lowest BCUT2D eigenvalue weighted by atomic mass is 10.3. The smallest absolute Gasteiger partial charge is 0.241 e. The standard InChI is InChI=1S/C9H15N7O/c1-15-2-3-16(5-8(15)17)7-4-6(14-11)12-9(10)13-7/h4H,2-3,5,11H2,1H3,(H3,10,12,13,14). The second-order valence-electron chi connectivity index (χ2n) is 3.85. The summed E-state index contributed by atoms with van der Waals surface area (Å²) in [5, 5.41) is 0. The molecule has 1 aliphatic rings. The molecule has 0 aromatic carbocycles. The van der Waals surface area contributed by atoms with Crippen molar-refractivity contribution >= 4 is 23.5 Å². The van der Waals surface area contributed by atoms with Gasteiger partial charge in [0.25, 0.3) is 0 Å². The molecule has 1 aromatic rings. The number of nitrogens with zero attached hydrogens (tertiary/aromatic N) is 4. The van der Waals surface area contributed by atoms with Crippen LogP contribution in [0, 0.1) is 0 Å². The molecule has 0 saturated carbocycles. The zero-order valence-electron chi connectivity index (χ0n) is 9.55. The highest BCUT2D eigenvalue weighted by Crippen LogP contribution is 2.17. The van der Waals surface area contributed by atoms with Gasteiger partial charge in [0.15, 0.2) is 0 Å². The van der Waals surface area contributed by atoms with Gasteiger partial charge >= 0.3 is 0 Å². The minimum Gasteiger partial charge on any atom is -0.368 e. The SMILES string of the molecule is CN1CCN(c2cc(NN)nc(N)n2)CC1=O. The number of carbonyl (C=O) groups excluding carboxylic acids is 1. The predicted octanol–water partition coefficient (Wildman–Crippen LogP) is -1.38. The summed E-state index contributed by atoms with van der Waals surface area (Å²) >= 11 is 0. The van der Waals surface area contributed by atoms with E-state index < -0.39 is 0 Å². The number of amides is 1. The number of anilines is 3. The van der Waals surface area contributed by atoms with Crippen LogP contribution in [0.2, 0.25) is 0 Å². The molecule has 5 N–H and O–H groups in total. The number of hydrazine groups is 1. The average molecular weight is 237 g/mol. The van der Waals surface area contributed by atoms with Crippen LogP contribution in [0.4, 0.5) is 17.6 Å². The third kappa shape index (κ3) is 2.36. The van der Waals surface area contributed by atoms with Crippen molar-refractivity contribution in [2.24, 2.45) is 5.84 Å². The van der Waals surface area contributed by atoms with Gasteiger partial charge in [0.05, 0.1) is 6.54 Å². The second kappa shape index (κ2) is 4.42. The van der Waals surface area contributed by atoms with Crippen LogP contribution < -0.4 is 21.9 Å². The summed E-state index contributed by atoms with van der Waals surface area (Å²) in [6.07, 6.45) is 0. The number of aromatic nitrogens is 2. The first-order chi connectivity index (χ1) is 8.10. The van der Waals surface area contributed by atoms with Crippen molar-refractivity contribution in [3.8, 4) is 0 Å². The number of likely N-dealkylation sites (N-methyl/N-ethyl adjacent to an activating group) is 1. The Morgan fingerprint density at radius 3 is 2.82 bits per heavy atom. The van der Waals surface area contributed by atoms with Crippen LogP contribution >= 0.6 is 0 Å². The van der Waals surface area contributed by atoms with Crippen molar-refractivity contribution in [1.29, 1.82) is 0 Å². The lowest BCUT2D eigenvalue weighted by molar-refractivity contribution is -0.129. The van der Waals surface area contributed by atoms with Crippen LogP contribution in [-0.2, 0) is 4.79 Å². The quantitative estimate of drug-likeness (QED) is 0.429. The third-order valence-corrected chi connectivity index (χ3v) is 2.66. The summed E-state index contributed by atoms with van der Waals surface area (Å²) in [7, 11) is 1.78. The molecule has 2 rings (SSSR count). The molecular weight excluding hydrogens is 222 g/mol. The Balaban J connectivity index is 2.22. The van der Waals surface area contributed by atoms with Crippen LogP contribution in [-0.4, -0.2) is 47.5 Å². The lowest BCUT2D eigenvalue weighted by Crippen LogP contribution is -2.48. The molecule has 1 aromatic heterocycles. The molecule has 1 amide bonds. The average Bonchev–Trinajstić information content (AvgIpc) is 2.32. The maximum absolute atomic E-state index is 11.6. The van der Waals surface area contributed by atoms with Crippen LogP contribution in [0.3, 0.4) is 0 Å². The third-order valence-electron chi connectivity index (χ3n) is 2.66. The summed E-state index contributed by atoms with van der Waals surface area (Å²) in [5.41, 5.74) is 7.98. The number of hydrogen-bond donors (Lipinski definition) is 3. The summed E-state index contributed by atoms with van der Waals surface area (Å²) in [5.74, 6) is 6.49. The highest BCUT2D eigenvalue weighted by atomic mass is 16.2. The molecule has 0 atom stereocenters. The first-order valence-electron chi connectivity index (χ1n) is 5.20. The number of nitrogens with one attached hydrogen (secondary N) is 1. The fraction of sp³-hybridized carbons (Fsp3) is 0.444. The molecule has 1 fully saturated rings. The zero-order valence-corrected chi connectivity index (χ0v) is 9.55. The van der Waals surface area contributed by atoms with Crippen molar-refractivity contribution in [2.45, 2.75) is 0 Å². The fourth-order valence-electron chi connectivity index (χ4n) is 1.64. The number of nitrogens with two attached hydrogens (primary N) is 2. The Bertz CT molecular complexity index is 435. The van der Waals surface area contributed by atoms with Crippen LogP contribution in [0.15, 0.2) is 6.07 Å². The summed E-state index contributed by atoms with van der Waals surface area (Å²) in [6.45, 7) is 1.66. The lowest BCUT2D eigenvalue weighted by Gasteiger charge is -2.32. The van der Waals surface area contributed by atoms with Crippen molar-refractivity contribution in [1.82, 2.24) is 14.9 Å². The van der Waals surface area contributed by atoms with Crippen molar-refractivity contribution in [2.75, 3.05) is 42.7 Å². The van der Waals surface area contributed by atoms with Gasteiger partial charge < -0.3 is 21.0 Å². The Labute approximate surface area is 98.6 Å². The Morgan fingerprint density at radius 2 is 2.18 bits per heavy atom. The minimum absolute atomic E-state index is 0.0516. The molecule has 92 valence electrons. The van der Waals surface area contributed by atoms with Gasteiger partial charge in [-0.3, -0.25) is 4.79 Å². The molecule has 2 heterocycles. The normalized spacial score (nSPS) is 16.2. The van der Waals surface area contributed by atoms with E-state index in [2.05, 4.69) is 15.4 Å². The maximum Gasteiger partial charge on any atom is 0.241 e. The molecule has 0 aliphatic carbocycles. The van der Waals surface area contributed by atoms with E-state index in [0.717, 1.165) is 0 Å². The van der Waals surface area contributed by atoms with Gasteiger partial charge in [0.2, 0.25) is 11.9 Å². The van der Waals surface area contributed by atoms with Crippen LogP contribution in [0.1, 0.15) is 0 Å². The Morgan fingerprint density at radius 1 is 1.41 bits per heavy atom. The van der Waals surface area contributed by atoms with Gasteiger partial charge in [-0.2, -0.15) is 9.97 Å². The van der Waals surface area contributed by atoms with E-state index >= 15 is 0 Å². The molecule has 0 spiro atoms. The number of nitrogen functional groups attached to an aromatic ring is 2.